The fourth-order valence-electron chi connectivity index (χ4n) is 3.98. The van der Waals surface area contributed by atoms with E-state index in [2.05, 4.69) is 46.5 Å². The molecule has 0 fully saturated rings. The van der Waals surface area contributed by atoms with Crippen molar-refractivity contribution >= 4 is 0 Å². The van der Waals surface area contributed by atoms with Gasteiger partial charge in [-0.15, -0.1) is 0 Å². The number of hydrogen-bond acceptors (Lipinski definition) is 1. The van der Waals surface area contributed by atoms with Crippen LogP contribution >= 0.6 is 0 Å². The summed E-state index contributed by atoms with van der Waals surface area (Å²) in [5, 5.41) is 3.73. The van der Waals surface area contributed by atoms with Gasteiger partial charge < -0.3 is 5.32 Å². The van der Waals surface area contributed by atoms with E-state index in [1.54, 1.807) is 0 Å². The summed E-state index contributed by atoms with van der Waals surface area (Å²) in [5.74, 6) is 0.821. The second-order valence-electron chi connectivity index (χ2n) is 10.2. The maximum atomic E-state index is 4.39. The second-order valence-corrected chi connectivity index (χ2v) is 10.2. The fourth-order valence-corrected chi connectivity index (χ4v) is 3.98. The second kappa shape index (κ2) is 19.7. The van der Waals surface area contributed by atoms with E-state index in [1.165, 1.54) is 121 Å². The van der Waals surface area contributed by atoms with E-state index in [9.17, 15) is 0 Å². The van der Waals surface area contributed by atoms with Crippen LogP contribution in [-0.2, 0) is 0 Å². The molecule has 1 heteroatoms. The molecule has 174 valence electrons. The third-order valence-corrected chi connectivity index (χ3v) is 6.87. The van der Waals surface area contributed by atoms with E-state index in [0.29, 0.717) is 0 Å². The molecular weight excluding hydrogens is 350 g/mol. The topological polar surface area (TPSA) is 12.0 Å². The molecule has 0 radical (unpaired) electrons. The van der Waals surface area contributed by atoms with Gasteiger partial charge in [-0.25, -0.2) is 0 Å². The Balaban J connectivity index is 3.43. The molecular formula is C28H57N. The quantitative estimate of drug-likeness (QED) is 0.139. The molecule has 0 heterocycles. The van der Waals surface area contributed by atoms with Crippen molar-refractivity contribution in [2.45, 2.75) is 156 Å². The number of nitrogens with one attached hydrogen (secondary N) is 1. The Morgan fingerprint density at radius 1 is 0.724 bits per heavy atom. The van der Waals surface area contributed by atoms with Crippen LogP contribution in [0.2, 0.25) is 0 Å². The van der Waals surface area contributed by atoms with Gasteiger partial charge in [-0.05, 0) is 45.6 Å². The lowest BCUT2D eigenvalue weighted by molar-refractivity contribution is 0.398. The maximum Gasteiger partial charge on any atom is 0.0334 e. The molecule has 0 aliphatic heterocycles. The summed E-state index contributed by atoms with van der Waals surface area (Å²) < 4.78 is 0. The highest BCUT2D eigenvalue weighted by molar-refractivity contribution is 5.12. The van der Waals surface area contributed by atoms with Gasteiger partial charge in [0.05, 0.1) is 0 Å². The third kappa shape index (κ3) is 18.2. The van der Waals surface area contributed by atoms with Crippen molar-refractivity contribution in [3.8, 4) is 0 Å². The molecule has 1 nitrogen and oxygen atoms in total. The van der Waals surface area contributed by atoms with Crippen molar-refractivity contribution in [3.05, 3.63) is 12.2 Å². The first kappa shape index (κ1) is 28.7. The van der Waals surface area contributed by atoms with Crippen LogP contribution in [0.1, 0.15) is 150 Å². The van der Waals surface area contributed by atoms with E-state index >= 15 is 0 Å². The van der Waals surface area contributed by atoms with E-state index in [-0.39, 0.29) is 5.54 Å². The van der Waals surface area contributed by atoms with Crippen molar-refractivity contribution < 1.29 is 0 Å². The van der Waals surface area contributed by atoms with Gasteiger partial charge in [-0.1, -0.05) is 129 Å². The average Bonchev–Trinajstić information content (AvgIpc) is 2.70. The monoisotopic (exact) mass is 407 g/mol. The molecule has 1 atom stereocenters. The Labute approximate surface area is 185 Å². The molecule has 0 aromatic carbocycles. The molecule has 0 aromatic heterocycles. The lowest BCUT2D eigenvalue weighted by atomic mass is 9.90. The molecule has 0 spiro atoms. The molecule has 1 N–H and O–H groups in total. The molecule has 0 amide bonds. The Morgan fingerprint density at radius 2 is 1.14 bits per heavy atom. The van der Waals surface area contributed by atoms with Crippen molar-refractivity contribution in [1.82, 2.24) is 5.32 Å². The van der Waals surface area contributed by atoms with Crippen molar-refractivity contribution in [1.29, 1.82) is 0 Å². The van der Waals surface area contributed by atoms with Crippen molar-refractivity contribution in [2.75, 3.05) is 6.54 Å². The van der Waals surface area contributed by atoms with E-state index < -0.39 is 0 Å². The lowest BCUT2D eigenvalue weighted by Crippen LogP contribution is -2.41. The molecule has 0 aliphatic rings. The minimum atomic E-state index is 0.0868. The molecule has 29 heavy (non-hydrogen) atoms. The van der Waals surface area contributed by atoms with Gasteiger partial charge in [0.15, 0.2) is 0 Å². The summed E-state index contributed by atoms with van der Waals surface area (Å²) in [6.07, 6.45) is 25.2. The number of unbranched alkanes of at least 4 members (excludes halogenated alkanes) is 14. The highest BCUT2D eigenvalue weighted by atomic mass is 15.0. The van der Waals surface area contributed by atoms with Crippen LogP contribution in [0, 0.1) is 5.92 Å². The number of rotatable bonds is 22. The van der Waals surface area contributed by atoms with Gasteiger partial charge in [0.2, 0.25) is 0 Å². The molecule has 0 rings (SSSR count). The maximum absolute atomic E-state index is 4.39. The Kier molecular flexibility index (Phi) is 19.4. The van der Waals surface area contributed by atoms with Gasteiger partial charge >= 0.3 is 0 Å². The highest BCUT2D eigenvalue weighted by Gasteiger charge is 2.20. The van der Waals surface area contributed by atoms with E-state index in [4.69, 9.17) is 0 Å². The zero-order valence-corrected chi connectivity index (χ0v) is 21.2. The van der Waals surface area contributed by atoms with Gasteiger partial charge in [-0.3, -0.25) is 0 Å². The van der Waals surface area contributed by atoms with Crippen LogP contribution in [0.5, 0.6) is 0 Å². The summed E-state index contributed by atoms with van der Waals surface area (Å²) >= 11 is 0. The molecule has 0 saturated heterocycles. The minimum Gasteiger partial charge on any atom is -0.308 e. The predicted octanol–water partition coefficient (Wildman–Crippen LogP) is 9.61. The average molecular weight is 408 g/mol. The Bertz CT molecular complexity index is 357. The first-order valence-electron chi connectivity index (χ1n) is 13.4. The summed E-state index contributed by atoms with van der Waals surface area (Å²) in [5.41, 5.74) is 1.47. The first-order valence-corrected chi connectivity index (χ1v) is 13.4. The van der Waals surface area contributed by atoms with E-state index in [0.717, 1.165) is 12.5 Å². The van der Waals surface area contributed by atoms with E-state index in [1.807, 2.05) is 0 Å². The smallest absolute Gasteiger partial charge is 0.0334 e. The predicted molar refractivity (Wildman–Crippen MR) is 135 cm³/mol. The zero-order valence-electron chi connectivity index (χ0n) is 21.2. The molecule has 0 aliphatic carbocycles. The van der Waals surface area contributed by atoms with Crippen molar-refractivity contribution in [3.63, 3.8) is 0 Å². The minimum absolute atomic E-state index is 0.0868. The van der Waals surface area contributed by atoms with Gasteiger partial charge in [-0.2, -0.15) is 0 Å². The first-order chi connectivity index (χ1) is 13.9. The summed E-state index contributed by atoms with van der Waals surface area (Å²) in [7, 11) is 0. The summed E-state index contributed by atoms with van der Waals surface area (Å²) in [6.45, 7) is 17.0. The Hall–Kier alpha value is -0.300. The lowest BCUT2D eigenvalue weighted by Gasteiger charge is -2.30. The molecule has 0 saturated carbocycles. The van der Waals surface area contributed by atoms with Gasteiger partial charge in [0, 0.05) is 5.54 Å². The van der Waals surface area contributed by atoms with Crippen molar-refractivity contribution in [2.24, 2.45) is 5.92 Å². The standard InChI is InChI=1S/C28H57N/c1-7-9-10-11-12-13-14-15-16-17-18-19-20-21-22-23-27(4)28(5,6)29-25-24-26(3)8-2/h26,29H,4,7-25H2,1-3,5-6H3. The largest absolute Gasteiger partial charge is 0.308 e. The van der Waals surface area contributed by atoms with Crippen LogP contribution < -0.4 is 5.32 Å². The molecule has 0 bridgehead atoms. The molecule has 0 aromatic rings. The van der Waals surface area contributed by atoms with Crippen LogP contribution in [0.15, 0.2) is 12.2 Å². The third-order valence-electron chi connectivity index (χ3n) is 6.87. The fraction of sp³-hybridized carbons (Fsp3) is 0.929. The SMILES string of the molecule is C=C(CCCCCCCCCCCCCCCCC)C(C)(C)NCCC(C)CC. The zero-order chi connectivity index (χ0) is 21.8. The normalized spacial score (nSPS) is 13.0. The van der Waals surface area contributed by atoms with Crippen LogP contribution in [0.25, 0.3) is 0 Å². The number of hydrogen-bond donors (Lipinski definition) is 1. The van der Waals surface area contributed by atoms with Crippen LogP contribution in [-0.4, -0.2) is 12.1 Å². The van der Waals surface area contributed by atoms with Gasteiger partial charge in [0.25, 0.3) is 0 Å². The Morgan fingerprint density at radius 3 is 1.55 bits per heavy atom. The van der Waals surface area contributed by atoms with Gasteiger partial charge in [0.1, 0.15) is 0 Å². The van der Waals surface area contributed by atoms with Crippen LogP contribution in [0.3, 0.4) is 0 Å². The summed E-state index contributed by atoms with van der Waals surface area (Å²) in [4.78, 5) is 0. The van der Waals surface area contributed by atoms with Crippen LogP contribution in [0.4, 0.5) is 0 Å². The highest BCUT2D eigenvalue weighted by Crippen LogP contribution is 2.21. The summed E-state index contributed by atoms with van der Waals surface area (Å²) in [6, 6.07) is 0. The molecule has 1 unspecified atom stereocenters.